The van der Waals surface area contributed by atoms with Crippen molar-refractivity contribution in [3.63, 3.8) is 0 Å². The van der Waals surface area contributed by atoms with E-state index in [-0.39, 0.29) is 5.02 Å². The van der Waals surface area contributed by atoms with Crippen molar-refractivity contribution in [2.75, 3.05) is 0 Å². The van der Waals surface area contributed by atoms with Crippen molar-refractivity contribution in [2.24, 2.45) is 14.1 Å². The van der Waals surface area contributed by atoms with Crippen molar-refractivity contribution >= 4 is 22.8 Å². The van der Waals surface area contributed by atoms with Gasteiger partial charge >= 0.3 is 5.69 Å². The van der Waals surface area contributed by atoms with E-state index in [0.717, 1.165) is 10.1 Å². The van der Waals surface area contributed by atoms with Crippen LogP contribution in [-0.2, 0) is 14.1 Å². The highest BCUT2D eigenvalue weighted by Gasteiger charge is 2.17. The molecule has 1 aromatic carbocycles. The number of aromatic nitrogens is 4. The molecule has 2 heterocycles. The van der Waals surface area contributed by atoms with Crippen LogP contribution in [0.4, 0.5) is 0 Å². The minimum atomic E-state index is -0.517. The van der Waals surface area contributed by atoms with Gasteiger partial charge in [-0.25, -0.2) is 14.3 Å². The molecule has 0 atom stereocenters. The number of fused-ring (bicyclic) bond motifs is 1. The molecule has 27 heavy (non-hydrogen) atoms. The largest absolute Gasteiger partial charge is 0.337 e. The van der Waals surface area contributed by atoms with Gasteiger partial charge in [0, 0.05) is 19.7 Å². The Kier molecular flexibility index (Phi) is 4.89. The number of aryl methyl sites for hydroxylation is 2. The smallest absolute Gasteiger partial charge is 0.328 e. The first kappa shape index (κ1) is 18.5. The van der Waals surface area contributed by atoms with Crippen molar-refractivity contribution in [3.8, 4) is 17.5 Å². The van der Waals surface area contributed by atoms with Gasteiger partial charge in [-0.05, 0) is 30.7 Å². The summed E-state index contributed by atoms with van der Waals surface area (Å²) in [5, 5.41) is 0.257. The van der Waals surface area contributed by atoms with Crippen LogP contribution < -0.4 is 11.2 Å². The van der Waals surface area contributed by atoms with Gasteiger partial charge in [0.1, 0.15) is 0 Å². The van der Waals surface area contributed by atoms with Crippen LogP contribution in [0.25, 0.3) is 16.9 Å². The third-order valence-electron chi connectivity index (χ3n) is 4.08. The van der Waals surface area contributed by atoms with Crippen molar-refractivity contribution in [1.82, 2.24) is 18.7 Å². The Hall–Kier alpha value is -3.30. The summed E-state index contributed by atoms with van der Waals surface area (Å²) < 4.78 is 3.95. The molecule has 0 aliphatic carbocycles. The second kappa shape index (κ2) is 7.14. The number of nitrogens with zero attached hydrogens (tertiary/aromatic N) is 4. The molecule has 0 aliphatic rings. The molecular weight excluding hydrogens is 364 g/mol. The third-order valence-corrected chi connectivity index (χ3v) is 4.38. The number of hydrogen-bond acceptors (Lipinski definition) is 3. The summed E-state index contributed by atoms with van der Waals surface area (Å²) in [4.78, 5) is 29.7. The van der Waals surface area contributed by atoms with Gasteiger partial charge in [-0.1, -0.05) is 42.2 Å². The van der Waals surface area contributed by atoms with E-state index >= 15 is 0 Å². The van der Waals surface area contributed by atoms with Crippen LogP contribution in [0.3, 0.4) is 0 Å². The average Bonchev–Trinajstić information content (AvgIpc) is 3.02. The average molecular weight is 381 g/mol. The highest BCUT2D eigenvalue weighted by molar-refractivity contribution is 6.32. The second-order valence-electron chi connectivity index (χ2n) is 6.01. The van der Waals surface area contributed by atoms with E-state index in [1.54, 1.807) is 49.0 Å². The topological polar surface area (TPSA) is 61.8 Å². The molecule has 0 unspecified atom stereocenters. The van der Waals surface area contributed by atoms with Crippen LogP contribution in [0.1, 0.15) is 12.5 Å². The van der Waals surface area contributed by atoms with Gasteiger partial charge < -0.3 is 4.57 Å². The Morgan fingerprint density at radius 1 is 1.30 bits per heavy atom. The van der Waals surface area contributed by atoms with E-state index in [1.165, 1.54) is 10.9 Å². The van der Waals surface area contributed by atoms with Gasteiger partial charge in [0.25, 0.3) is 5.56 Å². The van der Waals surface area contributed by atoms with Crippen molar-refractivity contribution in [2.45, 2.75) is 6.92 Å². The minimum absolute atomic E-state index is 0.257. The van der Waals surface area contributed by atoms with Gasteiger partial charge in [0.2, 0.25) is 0 Å². The molecule has 3 aromatic rings. The first-order chi connectivity index (χ1) is 12.8. The molecular formula is C20H17ClN4O2. The molecule has 0 radical (unpaired) electrons. The zero-order valence-electron chi connectivity index (χ0n) is 15.2. The van der Waals surface area contributed by atoms with E-state index in [2.05, 4.69) is 23.4 Å². The lowest BCUT2D eigenvalue weighted by Gasteiger charge is -2.10. The Labute approximate surface area is 160 Å². The standard InChI is InChI=1S/C20H17ClN4O2/c1-5-6-13(2)7-8-14-9-10-16(15(21)11-14)25-19(26)17-18(22-12-23(17)3)24(4)20(25)27/h5-6,9-12H,1H2,2-4H3/b13-6+. The number of hydrogen-bond donors (Lipinski definition) is 0. The van der Waals surface area contributed by atoms with Crippen LogP contribution in [0.2, 0.25) is 5.02 Å². The van der Waals surface area contributed by atoms with Gasteiger partial charge in [-0.15, -0.1) is 0 Å². The molecule has 3 rings (SSSR count). The summed E-state index contributed by atoms with van der Waals surface area (Å²) in [6, 6.07) is 4.96. The highest BCUT2D eigenvalue weighted by Crippen LogP contribution is 2.20. The van der Waals surface area contributed by atoms with Crippen LogP contribution in [0, 0.1) is 11.8 Å². The number of benzene rings is 1. The Bertz CT molecular complexity index is 1280. The summed E-state index contributed by atoms with van der Waals surface area (Å²) in [5.74, 6) is 5.97. The van der Waals surface area contributed by atoms with Gasteiger partial charge in [-0.3, -0.25) is 9.36 Å². The van der Waals surface area contributed by atoms with Crippen molar-refractivity contribution in [1.29, 1.82) is 0 Å². The monoisotopic (exact) mass is 380 g/mol. The summed E-state index contributed by atoms with van der Waals surface area (Å²) in [6.45, 7) is 5.50. The van der Waals surface area contributed by atoms with Crippen molar-refractivity contribution in [3.05, 3.63) is 80.3 Å². The maximum absolute atomic E-state index is 12.9. The minimum Gasteiger partial charge on any atom is -0.328 e. The van der Waals surface area contributed by atoms with Gasteiger partial charge in [0.05, 0.1) is 17.0 Å². The molecule has 2 aromatic heterocycles. The van der Waals surface area contributed by atoms with E-state index in [9.17, 15) is 9.59 Å². The highest BCUT2D eigenvalue weighted by atomic mass is 35.5. The van der Waals surface area contributed by atoms with Crippen LogP contribution >= 0.6 is 11.6 Å². The first-order valence-electron chi connectivity index (χ1n) is 8.09. The lowest BCUT2D eigenvalue weighted by molar-refractivity contribution is 0.763. The van der Waals surface area contributed by atoms with Crippen LogP contribution in [0.15, 0.2) is 58.4 Å². The van der Waals surface area contributed by atoms with E-state index < -0.39 is 11.2 Å². The van der Waals surface area contributed by atoms with Crippen LogP contribution in [-0.4, -0.2) is 18.7 Å². The SMILES string of the molecule is C=C/C=C(\C)C#Cc1ccc(-n2c(=O)c3c(ncn3C)n(C)c2=O)c(Cl)c1. The Morgan fingerprint density at radius 2 is 2.04 bits per heavy atom. The molecule has 7 heteroatoms. The van der Waals surface area contributed by atoms with E-state index in [1.807, 2.05) is 6.92 Å². The summed E-state index contributed by atoms with van der Waals surface area (Å²) in [5.41, 5.74) is 1.49. The lowest BCUT2D eigenvalue weighted by Crippen LogP contribution is -2.38. The fourth-order valence-electron chi connectivity index (χ4n) is 2.71. The number of imidazole rings is 1. The normalized spacial score (nSPS) is 11.3. The fraction of sp³-hybridized carbons (Fsp3) is 0.150. The predicted octanol–water partition coefficient (Wildman–Crippen LogP) is 2.56. The zero-order valence-corrected chi connectivity index (χ0v) is 15.9. The molecule has 6 nitrogen and oxygen atoms in total. The summed E-state index contributed by atoms with van der Waals surface area (Å²) >= 11 is 6.37. The molecule has 0 aliphatic heterocycles. The fourth-order valence-corrected chi connectivity index (χ4v) is 2.98. The Morgan fingerprint density at radius 3 is 2.70 bits per heavy atom. The maximum Gasteiger partial charge on any atom is 0.337 e. The molecule has 0 amide bonds. The molecule has 0 fully saturated rings. The quantitative estimate of drug-likeness (QED) is 0.507. The number of allylic oxidation sites excluding steroid dienone is 3. The molecule has 0 bridgehead atoms. The first-order valence-corrected chi connectivity index (χ1v) is 8.47. The van der Waals surface area contributed by atoms with E-state index in [4.69, 9.17) is 11.6 Å². The maximum atomic E-state index is 12.9. The second-order valence-corrected chi connectivity index (χ2v) is 6.42. The summed E-state index contributed by atoms with van der Waals surface area (Å²) in [6.07, 6.45) is 4.96. The predicted molar refractivity (Wildman–Crippen MR) is 107 cm³/mol. The number of halogens is 1. The lowest BCUT2D eigenvalue weighted by atomic mass is 10.2. The third kappa shape index (κ3) is 3.25. The van der Waals surface area contributed by atoms with Gasteiger partial charge in [-0.2, -0.15) is 0 Å². The number of rotatable bonds is 2. The van der Waals surface area contributed by atoms with Gasteiger partial charge in [0.15, 0.2) is 11.2 Å². The molecule has 0 N–H and O–H groups in total. The Balaban J connectivity index is 2.20. The summed E-state index contributed by atoms with van der Waals surface area (Å²) in [7, 11) is 3.26. The molecule has 136 valence electrons. The molecule has 0 saturated heterocycles. The van der Waals surface area contributed by atoms with Crippen LogP contribution in [0.5, 0.6) is 0 Å². The molecule has 0 spiro atoms. The zero-order chi connectivity index (χ0) is 19.7. The van der Waals surface area contributed by atoms with E-state index in [0.29, 0.717) is 22.4 Å². The van der Waals surface area contributed by atoms with Crippen molar-refractivity contribution < 1.29 is 0 Å². The molecule has 0 saturated carbocycles.